The van der Waals surface area contributed by atoms with Gasteiger partial charge in [0.15, 0.2) is 0 Å². The van der Waals surface area contributed by atoms with Crippen molar-refractivity contribution in [3.05, 3.63) is 29.3 Å². The zero-order chi connectivity index (χ0) is 23.7. The van der Waals surface area contributed by atoms with Gasteiger partial charge in [-0.25, -0.2) is 0 Å². The molecule has 1 aromatic rings. The lowest BCUT2D eigenvalue weighted by Gasteiger charge is -2.43. The van der Waals surface area contributed by atoms with Gasteiger partial charge in [0, 0.05) is 38.2 Å². The Hall–Kier alpha value is -2.32. The van der Waals surface area contributed by atoms with E-state index in [2.05, 4.69) is 11.4 Å². The molecule has 0 spiro atoms. The summed E-state index contributed by atoms with van der Waals surface area (Å²) in [7, 11) is 0. The fourth-order valence-electron chi connectivity index (χ4n) is 6.24. The minimum Gasteiger partial charge on any atom is -0.489 e. The summed E-state index contributed by atoms with van der Waals surface area (Å²) >= 11 is 0. The molecular weight excluding hydrogens is 470 g/mol. The van der Waals surface area contributed by atoms with Crippen molar-refractivity contribution < 1.29 is 24.2 Å². The predicted octanol–water partition coefficient (Wildman–Crippen LogP) is 2.79. The van der Waals surface area contributed by atoms with Crippen LogP contribution in [-0.2, 0) is 20.8 Å². The monoisotopic (exact) mass is 505 g/mol. The quantitative estimate of drug-likeness (QED) is 0.616. The Bertz CT molecular complexity index is 951. The topological polar surface area (TPSA) is 99.2 Å². The lowest BCUT2D eigenvalue weighted by molar-refractivity contribution is -0.154. The van der Waals surface area contributed by atoms with Crippen LogP contribution in [0.3, 0.4) is 0 Å². The molecular formula is C26H36ClN3O5. The van der Waals surface area contributed by atoms with Crippen LogP contribution in [0.4, 0.5) is 0 Å². The number of hydrogen-bond donors (Lipinski definition) is 2. The second-order valence-corrected chi connectivity index (χ2v) is 10.1. The minimum atomic E-state index is -0.875. The number of benzene rings is 1. The van der Waals surface area contributed by atoms with E-state index in [4.69, 9.17) is 4.74 Å². The molecule has 2 amide bonds. The van der Waals surface area contributed by atoms with E-state index in [0.29, 0.717) is 45.3 Å². The normalized spacial score (nSPS) is 28.4. The smallest absolute Gasteiger partial charge is 0.307 e. The molecule has 192 valence electrons. The van der Waals surface area contributed by atoms with Crippen LogP contribution in [0.25, 0.3) is 0 Å². The first-order chi connectivity index (χ1) is 16.5. The summed E-state index contributed by atoms with van der Waals surface area (Å²) in [5.41, 5.74) is 2.15. The summed E-state index contributed by atoms with van der Waals surface area (Å²) < 4.78 is 6.43. The molecule has 9 heteroatoms. The minimum absolute atomic E-state index is 0. The molecule has 1 aliphatic carbocycles. The number of amides is 2. The Morgan fingerprint density at radius 3 is 2.54 bits per heavy atom. The maximum absolute atomic E-state index is 13.9. The van der Waals surface area contributed by atoms with Gasteiger partial charge in [-0.3, -0.25) is 14.4 Å². The van der Waals surface area contributed by atoms with E-state index in [1.54, 1.807) is 0 Å². The summed E-state index contributed by atoms with van der Waals surface area (Å²) in [6, 6.07) is 5.76. The van der Waals surface area contributed by atoms with Gasteiger partial charge in [0.2, 0.25) is 11.8 Å². The van der Waals surface area contributed by atoms with Gasteiger partial charge in [-0.1, -0.05) is 25.0 Å². The largest absolute Gasteiger partial charge is 0.489 e. The van der Waals surface area contributed by atoms with Crippen molar-refractivity contribution in [1.82, 2.24) is 15.1 Å². The molecule has 1 saturated carbocycles. The van der Waals surface area contributed by atoms with Gasteiger partial charge in [-0.15, -0.1) is 12.4 Å². The van der Waals surface area contributed by atoms with Gasteiger partial charge in [0.05, 0.1) is 17.9 Å². The van der Waals surface area contributed by atoms with Gasteiger partial charge >= 0.3 is 5.97 Å². The van der Waals surface area contributed by atoms with Crippen LogP contribution in [0.1, 0.15) is 62.1 Å². The Morgan fingerprint density at radius 1 is 1.06 bits per heavy atom. The number of carbonyl (C=O) groups is 3. The number of aliphatic carboxylic acids is 1. The van der Waals surface area contributed by atoms with Crippen LogP contribution in [0.5, 0.6) is 5.75 Å². The Labute approximate surface area is 212 Å². The number of nitrogens with one attached hydrogen (secondary N) is 1. The van der Waals surface area contributed by atoms with Gasteiger partial charge in [-0.2, -0.15) is 0 Å². The van der Waals surface area contributed by atoms with E-state index in [-0.39, 0.29) is 36.4 Å². The number of carboxylic acid groups (broad SMARTS) is 1. The molecule has 3 heterocycles. The molecule has 0 radical (unpaired) electrons. The molecule has 5 rings (SSSR count). The van der Waals surface area contributed by atoms with E-state index < -0.39 is 17.8 Å². The van der Waals surface area contributed by atoms with Crippen molar-refractivity contribution in [2.75, 3.05) is 32.7 Å². The molecule has 2 saturated heterocycles. The number of hydrogen-bond acceptors (Lipinski definition) is 5. The van der Waals surface area contributed by atoms with Gasteiger partial charge in [0.25, 0.3) is 0 Å². The third-order valence-electron chi connectivity index (χ3n) is 8.04. The second kappa shape index (κ2) is 11.2. The molecule has 0 bridgehead atoms. The second-order valence-electron chi connectivity index (χ2n) is 10.1. The van der Waals surface area contributed by atoms with E-state index >= 15 is 0 Å². The summed E-state index contributed by atoms with van der Waals surface area (Å²) in [4.78, 5) is 42.1. The van der Waals surface area contributed by atoms with E-state index in [9.17, 15) is 19.5 Å². The van der Waals surface area contributed by atoms with Gasteiger partial charge in [0.1, 0.15) is 11.9 Å². The van der Waals surface area contributed by atoms with Crippen molar-refractivity contribution in [2.45, 2.75) is 63.5 Å². The predicted molar refractivity (Wildman–Crippen MR) is 133 cm³/mol. The molecule has 35 heavy (non-hydrogen) atoms. The highest BCUT2D eigenvalue weighted by atomic mass is 35.5. The standard InChI is InChI=1S/C26H35N3O5.ClH/c30-23-9-4-13-28(23)16-21-24-17(5-3-8-22(24)34-18-10-12-27-15-18)11-14-29(21)25(31)19-6-1-2-7-20(19)26(32)33;/h3,5,8,18-21,27H,1-2,4,6-7,9-16H2,(H,32,33);1H/t18-,19?,20?,21+;/m0./s1. The summed E-state index contributed by atoms with van der Waals surface area (Å²) in [6.07, 6.45) is 5.99. The van der Waals surface area contributed by atoms with Crippen LogP contribution in [-0.4, -0.2) is 71.5 Å². The first kappa shape index (κ1) is 25.8. The Balaban J connectivity index is 0.00000289. The van der Waals surface area contributed by atoms with Gasteiger partial charge in [-0.05, 0) is 50.3 Å². The molecule has 2 N–H and O–H groups in total. The van der Waals surface area contributed by atoms with E-state index in [1.165, 1.54) is 0 Å². The highest BCUT2D eigenvalue weighted by molar-refractivity contribution is 5.86. The molecule has 4 atom stereocenters. The van der Waals surface area contributed by atoms with Crippen molar-refractivity contribution in [2.24, 2.45) is 11.8 Å². The number of halogens is 1. The summed E-state index contributed by atoms with van der Waals surface area (Å²) in [5.74, 6) is -1.17. The molecule has 3 fully saturated rings. The molecule has 1 aromatic carbocycles. The average Bonchev–Trinajstić information content (AvgIpc) is 3.50. The van der Waals surface area contributed by atoms with Crippen molar-refractivity contribution in [3.63, 3.8) is 0 Å². The maximum atomic E-state index is 13.9. The number of nitrogens with zero attached hydrogens (tertiary/aromatic N) is 2. The van der Waals surface area contributed by atoms with Crippen molar-refractivity contribution >= 4 is 30.2 Å². The fraction of sp³-hybridized carbons (Fsp3) is 0.654. The zero-order valence-electron chi connectivity index (χ0n) is 20.1. The van der Waals surface area contributed by atoms with Crippen LogP contribution >= 0.6 is 12.4 Å². The maximum Gasteiger partial charge on any atom is 0.307 e. The lowest BCUT2D eigenvalue weighted by atomic mass is 9.77. The SMILES string of the molecule is Cl.O=C(O)C1CCCCC1C(=O)N1CCc2cccc(O[C@H]3CCNC3)c2[C@H]1CN1CCCC1=O. The third-order valence-corrected chi connectivity index (χ3v) is 8.04. The number of likely N-dealkylation sites (tertiary alicyclic amines) is 1. The van der Waals surface area contributed by atoms with Crippen LogP contribution < -0.4 is 10.1 Å². The molecule has 4 aliphatic rings. The summed E-state index contributed by atoms with van der Waals surface area (Å²) in [5, 5.41) is 13.1. The summed E-state index contributed by atoms with van der Waals surface area (Å²) in [6.45, 7) is 3.39. The highest BCUT2D eigenvalue weighted by Gasteiger charge is 2.43. The number of ether oxygens (including phenoxy) is 1. The van der Waals surface area contributed by atoms with Crippen LogP contribution in [0.15, 0.2) is 18.2 Å². The third kappa shape index (κ3) is 5.28. The number of carboxylic acids is 1. The molecule has 8 nitrogen and oxygen atoms in total. The molecule has 3 aliphatic heterocycles. The number of rotatable bonds is 6. The first-order valence-electron chi connectivity index (χ1n) is 12.8. The Morgan fingerprint density at radius 2 is 1.86 bits per heavy atom. The van der Waals surface area contributed by atoms with Crippen molar-refractivity contribution in [3.8, 4) is 5.75 Å². The van der Waals surface area contributed by atoms with Gasteiger partial charge < -0.3 is 25.0 Å². The fourth-order valence-corrected chi connectivity index (χ4v) is 6.24. The Kier molecular flexibility index (Phi) is 8.22. The van der Waals surface area contributed by atoms with E-state index in [0.717, 1.165) is 55.6 Å². The zero-order valence-corrected chi connectivity index (χ0v) is 20.9. The first-order valence-corrected chi connectivity index (χ1v) is 12.8. The lowest BCUT2D eigenvalue weighted by Crippen LogP contribution is -2.50. The number of carbonyl (C=O) groups excluding carboxylic acids is 2. The van der Waals surface area contributed by atoms with Crippen molar-refractivity contribution in [1.29, 1.82) is 0 Å². The molecule has 0 aromatic heterocycles. The number of fused-ring (bicyclic) bond motifs is 1. The van der Waals surface area contributed by atoms with Crippen LogP contribution in [0.2, 0.25) is 0 Å². The van der Waals surface area contributed by atoms with E-state index in [1.807, 2.05) is 21.9 Å². The molecule has 2 unspecified atom stereocenters. The average molecular weight is 506 g/mol. The van der Waals surface area contributed by atoms with Crippen LogP contribution in [0, 0.1) is 11.8 Å². The highest BCUT2D eigenvalue weighted by Crippen LogP contribution is 2.41.